The average Bonchev–Trinajstić information content (AvgIpc) is 2.93. The Hall–Kier alpha value is -0.0400. The van der Waals surface area contributed by atoms with Crippen molar-refractivity contribution in [3.8, 4) is 0 Å². The third-order valence-corrected chi connectivity index (χ3v) is 4.29. The molecule has 1 aliphatic heterocycles. The van der Waals surface area contributed by atoms with Crippen molar-refractivity contribution >= 4 is 0 Å². The van der Waals surface area contributed by atoms with Gasteiger partial charge in [0.2, 0.25) is 0 Å². The summed E-state index contributed by atoms with van der Waals surface area (Å²) in [5, 5.41) is 0. The Morgan fingerprint density at radius 2 is 2.00 bits per heavy atom. The van der Waals surface area contributed by atoms with Crippen LogP contribution in [-0.2, 0) is 0 Å². The molecule has 2 aliphatic carbocycles. The van der Waals surface area contributed by atoms with Gasteiger partial charge < -0.3 is 0 Å². The van der Waals surface area contributed by atoms with Crippen LogP contribution in [0.5, 0.6) is 0 Å². The Labute approximate surface area is 81.5 Å². The number of piperidine rings is 1. The van der Waals surface area contributed by atoms with Gasteiger partial charge in [-0.1, -0.05) is 6.92 Å². The van der Waals surface area contributed by atoms with Gasteiger partial charge in [0, 0.05) is 12.1 Å². The van der Waals surface area contributed by atoms with Gasteiger partial charge in [0.05, 0.1) is 0 Å². The van der Waals surface area contributed by atoms with E-state index in [1.54, 1.807) is 0 Å². The summed E-state index contributed by atoms with van der Waals surface area (Å²) in [5.74, 6) is 2.09. The van der Waals surface area contributed by atoms with E-state index in [1.165, 1.54) is 51.6 Å². The van der Waals surface area contributed by atoms with Crippen LogP contribution in [0.1, 0.15) is 45.4 Å². The van der Waals surface area contributed by atoms with Crippen LogP contribution in [0.4, 0.5) is 0 Å². The van der Waals surface area contributed by atoms with Gasteiger partial charge in [0.25, 0.3) is 0 Å². The van der Waals surface area contributed by atoms with E-state index in [-0.39, 0.29) is 0 Å². The van der Waals surface area contributed by atoms with Crippen molar-refractivity contribution in [2.75, 3.05) is 13.1 Å². The number of likely N-dealkylation sites (tertiary alicyclic amines) is 1. The van der Waals surface area contributed by atoms with Crippen LogP contribution in [-0.4, -0.2) is 23.5 Å². The predicted molar refractivity (Wildman–Crippen MR) is 54.7 cm³/mol. The fraction of sp³-hybridized carbons (Fsp3) is 1.00. The van der Waals surface area contributed by atoms with Crippen molar-refractivity contribution in [1.29, 1.82) is 0 Å². The lowest BCUT2D eigenvalue weighted by molar-refractivity contribution is 0.0945. The van der Waals surface area contributed by atoms with E-state index < -0.39 is 0 Å². The molecule has 13 heavy (non-hydrogen) atoms. The SMILES string of the molecule is C[C@@H]1CCN(CC2CC2)C2(CC2)C1. The van der Waals surface area contributed by atoms with Crippen LogP contribution in [0.25, 0.3) is 0 Å². The third kappa shape index (κ3) is 1.52. The Morgan fingerprint density at radius 1 is 1.23 bits per heavy atom. The average molecular weight is 179 g/mol. The summed E-state index contributed by atoms with van der Waals surface area (Å²) in [6, 6.07) is 0. The molecule has 74 valence electrons. The molecule has 0 unspecified atom stereocenters. The number of rotatable bonds is 2. The Balaban J connectivity index is 1.65. The van der Waals surface area contributed by atoms with Crippen molar-refractivity contribution in [3.05, 3.63) is 0 Å². The fourth-order valence-corrected chi connectivity index (χ4v) is 3.05. The summed E-state index contributed by atoms with van der Waals surface area (Å²) in [6.07, 6.45) is 8.99. The van der Waals surface area contributed by atoms with Crippen molar-refractivity contribution < 1.29 is 0 Å². The van der Waals surface area contributed by atoms with Gasteiger partial charge in [-0.15, -0.1) is 0 Å². The van der Waals surface area contributed by atoms with Crippen LogP contribution in [0.3, 0.4) is 0 Å². The minimum atomic E-state index is 0.722. The van der Waals surface area contributed by atoms with E-state index >= 15 is 0 Å². The first-order valence-electron chi connectivity index (χ1n) is 6.04. The highest BCUT2D eigenvalue weighted by Crippen LogP contribution is 2.51. The topological polar surface area (TPSA) is 3.24 Å². The molecule has 1 heteroatoms. The molecular weight excluding hydrogens is 158 g/mol. The highest BCUT2D eigenvalue weighted by Gasteiger charge is 2.51. The second-order valence-electron chi connectivity index (χ2n) is 5.71. The Kier molecular flexibility index (Phi) is 1.74. The zero-order chi connectivity index (χ0) is 8.89. The van der Waals surface area contributed by atoms with Gasteiger partial charge in [-0.25, -0.2) is 0 Å². The summed E-state index contributed by atoms with van der Waals surface area (Å²) < 4.78 is 0. The molecule has 1 heterocycles. The molecule has 0 aromatic heterocycles. The van der Waals surface area contributed by atoms with Crippen LogP contribution in [0.2, 0.25) is 0 Å². The normalized spacial score (nSPS) is 38.1. The summed E-state index contributed by atoms with van der Waals surface area (Å²) >= 11 is 0. The molecule has 0 aromatic carbocycles. The lowest BCUT2D eigenvalue weighted by atomic mass is 9.90. The minimum Gasteiger partial charge on any atom is -0.297 e. The summed E-state index contributed by atoms with van der Waals surface area (Å²) in [5.41, 5.74) is 0.722. The molecule has 3 fully saturated rings. The third-order valence-electron chi connectivity index (χ3n) is 4.29. The quantitative estimate of drug-likeness (QED) is 0.630. The van der Waals surface area contributed by atoms with Crippen molar-refractivity contribution in [1.82, 2.24) is 4.90 Å². The van der Waals surface area contributed by atoms with E-state index in [4.69, 9.17) is 0 Å². The maximum absolute atomic E-state index is 2.84. The predicted octanol–water partition coefficient (Wildman–Crippen LogP) is 2.66. The lowest BCUT2D eigenvalue weighted by Crippen LogP contribution is -2.44. The number of hydrogen-bond acceptors (Lipinski definition) is 1. The number of hydrogen-bond donors (Lipinski definition) is 0. The molecule has 0 amide bonds. The van der Waals surface area contributed by atoms with Crippen molar-refractivity contribution in [2.45, 2.75) is 51.0 Å². The summed E-state index contributed by atoms with van der Waals surface area (Å²) in [7, 11) is 0. The first-order valence-corrected chi connectivity index (χ1v) is 6.04. The van der Waals surface area contributed by atoms with Gasteiger partial charge in [0.1, 0.15) is 0 Å². The lowest BCUT2D eigenvalue weighted by Gasteiger charge is -2.39. The molecule has 0 radical (unpaired) electrons. The largest absolute Gasteiger partial charge is 0.297 e. The first-order chi connectivity index (χ1) is 6.28. The maximum Gasteiger partial charge on any atom is 0.0213 e. The summed E-state index contributed by atoms with van der Waals surface area (Å²) in [4.78, 5) is 2.84. The Bertz CT molecular complexity index is 203. The smallest absolute Gasteiger partial charge is 0.0213 e. The van der Waals surface area contributed by atoms with Crippen LogP contribution in [0.15, 0.2) is 0 Å². The van der Waals surface area contributed by atoms with Crippen molar-refractivity contribution in [2.24, 2.45) is 11.8 Å². The van der Waals surface area contributed by atoms with E-state index in [1.807, 2.05) is 0 Å². The van der Waals surface area contributed by atoms with Crippen LogP contribution < -0.4 is 0 Å². The van der Waals surface area contributed by atoms with Crippen LogP contribution in [0, 0.1) is 11.8 Å². The molecule has 1 spiro atoms. The highest BCUT2D eigenvalue weighted by atomic mass is 15.2. The molecule has 1 atom stereocenters. The van der Waals surface area contributed by atoms with Gasteiger partial charge >= 0.3 is 0 Å². The summed E-state index contributed by atoms with van der Waals surface area (Å²) in [6.45, 7) is 5.28. The van der Waals surface area contributed by atoms with E-state index in [2.05, 4.69) is 11.8 Å². The van der Waals surface area contributed by atoms with Crippen LogP contribution >= 0.6 is 0 Å². The highest BCUT2D eigenvalue weighted by molar-refractivity contribution is 5.07. The molecule has 0 bridgehead atoms. The zero-order valence-electron chi connectivity index (χ0n) is 8.76. The van der Waals surface area contributed by atoms with Gasteiger partial charge in [0.15, 0.2) is 0 Å². The first kappa shape index (κ1) is 8.28. The van der Waals surface area contributed by atoms with Gasteiger partial charge in [-0.3, -0.25) is 4.90 Å². The molecule has 2 saturated carbocycles. The monoisotopic (exact) mass is 179 g/mol. The van der Waals surface area contributed by atoms with E-state index in [0.29, 0.717) is 0 Å². The standard InChI is InChI=1S/C12H21N/c1-10-4-7-13(9-11-2-3-11)12(8-10)5-6-12/h10-11H,2-9H2,1H3/t10-/m1/s1. The molecule has 0 aromatic rings. The van der Waals surface area contributed by atoms with E-state index in [0.717, 1.165) is 17.4 Å². The molecule has 0 N–H and O–H groups in total. The molecule has 3 aliphatic rings. The molecule has 3 rings (SSSR count). The zero-order valence-corrected chi connectivity index (χ0v) is 8.76. The van der Waals surface area contributed by atoms with Crippen molar-refractivity contribution in [3.63, 3.8) is 0 Å². The second-order valence-corrected chi connectivity index (χ2v) is 5.71. The van der Waals surface area contributed by atoms with Gasteiger partial charge in [-0.2, -0.15) is 0 Å². The molecule has 1 saturated heterocycles. The van der Waals surface area contributed by atoms with Gasteiger partial charge in [-0.05, 0) is 56.9 Å². The minimum absolute atomic E-state index is 0.722. The maximum atomic E-state index is 2.84. The molecule has 1 nitrogen and oxygen atoms in total. The number of nitrogens with zero attached hydrogens (tertiary/aromatic N) is 1. The second kappa shape index (κ2) is 2.73. The van der Waals surface area contributed by atoms with E-state index in [9.17, 15) is 0 Å². The fourth-order valence-electron chi connectivity index (χ4n) is 3.05. The molecular formula is C12H21N. The Morgan fingerprint density at radius 3 is 2.62 bits per heavy atom.